The molecular formula is C10H8N4O. The van der Waals surface area contributed by atoms with Crippen molar-refractivity contribution < 1.29 is 4.79 Å². The van der Waals surface area contributed by atoms with Crippen LogP contribution in [0.5, 0.6) is 0 Å². The molecule has 0 saturated carbocycles. The number of hydrogen-bond acceptors (Lipinski definition) is 5. The van der Waals surface area contributed by atoms with E-state index >= 15 is 0 Å². The van der Waals surface area contributed by atoms with Gasteiger partial charge in [-0.05, 0) is 17.7 Å². The maximum absolute atomic E-state index is 9.95. The van der Waals surface area contributed by atoms with Crippen LogP contribution in [0, 0.1) is 0 Å². The largest absolute Gasteiger partial charge is 0.382 e. The number of hydrogen-bond donors (Lipinski definition) is 1. The molecule has 0 saturated heterocycles. The van der Waals surface area contributed by atoms with Crippen LogP contribution in [-0.4, -0.2) is 16.0 Å². The standard InChI is InChI=1S/C10H8N4O/c11-10-5-13-9-3-7(4-12-6-15)1-2-8(9)14-10/h1-3,5H,4H2,(H2,11,14). The third kappa shape index (κ3) is 1.98. The Morgan fingerprint density at radius 1 is 1.40 bits per heavy atom. The molecule has 1 aromatic carbocycles. The summed E-state index contributed by atoms with van der Waals surface area (Å²) in [4.78, 5) is 21.7. The molecule has 0 spiro atoms. The number of isocyanates is 1. The van der Waals surface area contributed by atoms with E-state index in [1.54, 1.807) is 6.07 Å². The number of aromatic nitrogens is 2. The minimum Gasteiger partial charge on any atom is -0.382 e. The lowest BCUT2D eigenvalue weighted by Crippen LogP contribution is -1.93. The SMILES string of the molecule is Nc1cnc2cc(CN=C=O)ccc2n1. The summed E-state index contributed by atoms with van der Waals surface area (Å²) in [5, 5.41) is 0. The molecule has 0 radical (unpaired) electrons. The van der Waals surface area contributed by atoms with Gasteiger partial charge in [0.25, 0.3) is 0 Å². The van der Waals surface area contributed by atoms with Gasteiger partial charge in [0.1, 0.15) is 5.82 Å². The van der Waals surface area contributed by atoms with Crippen LogP contribution in [0.25, 0.3) is 11.0 Å². The topological polar surface area (TPSA) is 81.2 Å². The summed E-state index contributed by atoms with van der Waals surface area (Å²) in [6.07, 6.45) is 2.99. The molecule has 0 amide bonds. The van der Waals surface area contributed by atoms with E-state index in [0.717, 1.165) is 16.6 Å². The number of carbonyl (C=O) groups excluding carboxylic acids is 1. The van der Waals surface area contributed by atoms with Crippen molar-refractivity contribution in [1.82, 2.24) is 9.97 Å². The second kappa shape index (κ2) is 3.86. The Bertz CT molecular complexity index is 546. The minimum atomic E-state index is 0.311. The first-order valence-corrected chi connectivity index (χ1v) is 4.34. The molecule has 2 rings (SSSR count). The van der Waals surface area contributed by atoms with E-state index in [-0.39, 0.29) is 0 Å². The predicted molar refractivity (Wildman–Crippen MR) is 55.8 cm³/mol. The highest BCUT2D eigenvalue weighted by atomic mass is 16.1. The molecule has 5 nitrogen and oxygen atoms in total. The molecule has 0 aliphatic carbocycles. The van der Waals surface area contributed by atoms with Crippen LogP contribution in [0.2, 0.25) is 0 Å². The Balaban J connectivity index is 2.47. The van der Waals surface area contributed by atoms with E-state index in [2.05, 4.69) is 15.0 Å². The maximum atomic E-state index is 9.95. The third-order valence-electron chi connectivity index (χ3n) is 1.95. The van der Waals surface area contributed by atoms with Crippen molar-refractivity contribution in [3.8, 4) is 0 Å². The third-order valence-corrected chi connectivity index (χ3v) is 1.95. The van der Waals surface area contributed by atoms with Crippen molar-refractivity contribution in [3.05, 3.63) is 30.0 Å². The van der Waals surface area contributed by atoms with Crippen molar-refractivity contribution in [2.24, 2.45) is 4.99 Å². The van der Waals surface area contributed by atoms with Crippen molar-refractivity contribution in [2.45, 2.75) is 6.54 Å². The summed E-state index contributed by atoms with van der Waals surface area (Å²) < 4.78 is 0. The highest BCUT2D eigenvalue weighted by molar-refractivity contribution is 5.76. The Hall–Kier alpha value is -2.26. The number of nitrogens with zero attached hydrogens (tertiary/aromatic N) is 3. The van der Waals surface area contributed by atoms with Crippen LogP contribution in [0.15, 0.2) is 29.4 Å². The molecule has 0 aliphatic rings. The van der Waals surface area contributed by atoms with Crippen molar-refractivity contribution in [1.29, 1.82) is 0 Å². The first kappa shape index (κ1) is 9.30. The van der Waals surface area contributed by atoms with Gasteiger partial charge in [0.05, 0.1) is 23.8 Å². The van der Waals surface area contributed by atoms with Crippen molar-refractivity contribution in [3.63, 3.8) is 0 Å². The number of nitrogens with two attached hydrogens (primary N) is 1. The highest BCUT2D eigenvalue weighted by Crippen LogP contribution is 2.13. The van der Waals surface area contributed by atoms with E-state index in [9.17, 15) is 4.79 Å². The van der Waals surface area contributed by atoms with Gasteiger partial charge in [0.2, 0.25) is 6.08 Å². The fourth-order valence-electron chi connectivity index (χ4n) is 1.29. The molecule has 0 fully saturated rings. The first-order valence-electron chi connectivity index (χ1n) is 4.34. The number of anilines is 1. The lowest BCUT2D eigenvalue weighted by Gasteiger charge is -1.99. The van der Waals surface area contributed by atoms with Gasteiger partial charge in [-0.1, -0.05) is 6.07 Å². The van der Waals surface area contributed by atoms with Gasteiger partial charge in [-0.3, -0.25) is 4.98 Å². The highest BCUT2D eigenvalue weighted by Gasteiger charge is 1.98. The number of aliphatic imine (C=N–C) groups is 1. The summed E-state index contributed by atoms with van der Waals surface area (Å²) in [5.74, 6) is 0.390. The molecule has 15 heavy (non-hydrogen) atoms. The predicted octanol–water partition coefficient (Wildman–Crippen LogP) is 1.05. The van der Waals surface area contributed by atoms with Gasteiger partial charge in [0, 0.05) is 0 Å². The normalized spacial score (nSPS) is 9.87. The molecule has 5 heteroatoms. The Morgan fingerprint density at radius 3 is 3.07 bits per heavy atom. The molecule has 0 unspecified atom stereocenters. The van der Waals surface area contributed by atoms with Crippen LogP contribution in [-0.2, 0) is 11.3 Å². The lowest BCUT2D eigenvalue weighted by molar-refractivity contribution is 0.563. The molecule has 2 N–H and O–H groups in total. The molecule has 0 aliphatic heterocycles. The zero-order chi connectivity index (χ0) is 10.7. The quantitative estimate of drug-likeness (QED) is 0.580. The van der Waals surface area contributed by atoms with Crippen LogP contribution < -0.4 is 5.73 Å². The van der Waals surface area contributed by atoms with Gasteiger partial charge >= 0.3 is 0 Å². The molecule has 0 atom stereocenters. The molecular weight excluding hydrogens is 192 g/mol. The molecule has 0 bridgehead atoms. The van der Waals surface area contributed by atoms with Crippen LogP contribution in [0.1, 0.15) is 5.56 Å². The summed E-state index contributed by atoms with van der Waals surface area (Å²) in [7, 11) is 0. The molecule has 2 aromatic rings. The minimum absolute atomic E-state index is 0.311. The van der Waals surface area contributed by atoms with Crippen LogP contribution >= 0.6 is 0 Å². The molecule has 1 aromatic heterocycles. The number of rotatable bonds is 2. The van der Waals surface area contributed by atoms with E-state index in [1.165, 1.54) is 12.3 Å². The average molecular weight is 200 g/mol. The van der Waals surface area contributed by atoms with Crippen molar-refractivity contribution >= 4 is 22.9 Å². The molecule has 74 valence electrons. The van der Waals surface area contributed by atoms with Gasteiger partial charge in [-0.15, -0.1) is 0 Å². The average Bonchev–Trinajstić information content (AvgIpc) is 2.26. The van der Waals surface area contributed by atoms with E-state index in [1.807, 2.05) is 12.1 Å². The number of nitrogen functional groups attached to an aromatic ring is 1. The van der Waals surface area contributed by atoms with Gasteiger partial charge in [0.15, 0.2) is 0 Å². The molecule has 1 heterocycles. The Morgan fingerprint density at radius 2 is 2.27 bits per heavy atom. The maximum Gasteiger partial charge on any atom is 0.235 e. The summed E-state index contributed by atoms with van der Waals surface area (Å²) in [5.41, 5.74) is 7.86. The van der Waals surface area contributed by atoms with Crippen molar-refractivity contribution in [2.75, 3.05) is 5.73 Å². The zero-order valence-electron chi connectivity index (χ0n) is 7.84. The fraction of sp³-hybridized carbons (Fsp3) is 0.100. The lowest BCUT2D eigenvalue weighted by atomic mass is 10.2. The van der Waals surface area contributed by atoms with Gasteiger partial charge < -0.3 is 5.73 Å². The fourth-order valence-corrected chi connectivity index (χ4v) is 1.29. The van der Waals surface area contributed by atoms with Crippen LogP contribution in [0.3, 0.4) is 0 Å². The van der Waals surface area contributed by atoms with E-state index < -0.39 is 0 Å². The summed E-state index contributed by atoms with van der Waals surface area (Å²) in [6, 6.07) is 5.45. The van der Waals surface area contributed by atoms with E-state index in [4.69, 9.17) is 5.73 Å². The summed E-state index contributed by atoms with van der Waals surface area (Å²) >= 11 is 0. The monoisotopic (exact) mass is 200 g/mol. The number of fused-ring (bicyclic) bond motifs is 1. The first-order chi connectivity index (χ1) is 7.29. The smallest absolute Gasteiger partial charge is 0.235 e. The van der Waals surface area contributed by atoms with Crippen LogP contribution in [0.4, 0.5) is 5.82 Å². The van der Waals surface area contributed by atoms with Gasteiger partial charge in [-0.2, -0.15) is 0 Å². The Kier molecular flexibility index (Phi) is 2.39. The zero-order valence-corrected chi connectivity index (χ0v) is 7.84. The second-order valence-electron chi connectivity index (χ2n) is 3.03. The van der Waals surface area contributed by atoms with E-state index in [0.29, 0.717) is 12.4 Å². The second-order valence-corrected chi connectivity index (χ2v) is 3.03. The van der Waals surface area contributed by atoms with Gasteiger partial charge in [-0.25, -0.2) is 14.8 Å². The summed E-state index contributed by atoms with van der Waals surface area (Å²) in [6.45, 7) is 0.311. The Labute approximate surface area is 85.7 Å². The number of benzene rings is 1.